The van der Waals surface area contributed by atoms with E-state index in [4.69, 9.17) is 9.26 Å². The molecule has 142 valence electrons. The predicted octanol–water partition coefficient (Wildman–Crippen LogP) is 2.77. The fourth-order valence-electron chi connectivity index (χ4n) is 2.39. The molecule has 0 aliphatic rings. The van der Waals surface area contributed by atoms with Crippen LogP contribution in [0.2, 0.25) is 0 Å². The molecule has 0 saturated carbocycles. The van der Waals surface area contributed by atoms with Gasteiger partial charge in [-0.2, -0.15) is 4.98 Å². The van der Waals surface area contributed by atoms with Crippen LogP contribution >= 0.6 is 0 Å². The molecule has 1 heterocycles. The number of nitrogens with one attached hydrogen (secondary N) is 2. The monoisotopic (exact) mass is 359 g/mol. The molecule has 0 atom stereocenters. The van der Waals surface area contributed by atoms with E-state index in [-0.39, 0.29) is 6.10 Å². The van der Waals surface area contributed by atoms with Crippen LogP contribution in [0.15, 0.2) is 27.7 Å². The van der Waals surface area contributed by atoms with Gasteiger partial charge in [0, 0.05) is 25.1 Å². The zero-order valence-corrected chi connectivity index (χ0v) is 16.3. The van der Waals surface area contributed by atoms with Gasteiger partial charge in [0.25, 0.3) is 0 Å². The molecule has 0 unspecified atom stereocenters. The zero-order valence-electron chi connectivity index (χ0n) is 16.3. The highest BCUT2D eigenvalue weighted by molar-refractivity contribution is 5.79. The van der Waals surface area contributed by atoms with Crippen LogP contribution < -0.4 is 15.4 Å². The van der Waals surface area contributed by atoms with Gasteiger partial charge >= 0.3 is 0 Å². The second kappa shape index (κ2) is 9.79. The fraction of sp³-hybridized carbons (Fsp3) is 0.526. The van der Waals surface area contributed by atoms with Crippen molar-refractivity contribution in [2.45, 2.75) is 53.7 Å². The average Bonchev–Trinajstić information content (AvgIpc) is 2.98. The molecular formula is C19H29N5O2. The number of ether oxygens (including phenoxy) is 1. The maximum absolute atomic E-state index is 5.92. The van der Waals surface area contributed by atoms with E-state index in [0.29, 0.717) is 31.2 Å². The van der Waals surface area contributed by atoms with Gasteiger partial charge in [0.15, 0.2) is 11.8 Å². The Balaban J connectivity index is 1.99. The molecule has 1 aromatic carbocycles. The molecule has 26 heavy (non-hydrogen) atoms. The van der Waals surface area contributed by atoms with Crippen LogP contribution in [-0.2, 0) is 13.0 Å². The van der Waals surface area contributed by atoms with Crippen molar-refractivity contribution in [3.63, 3.8) is 0 Å². The van der Waals surface area contributed by atoms with Gasteiger partial charge in [-0.25, -0.2) is 4.99 Å². The smallest absolute Gasteiger partial charge is 0.228 e. The summed E-state index contributed by atoms with van der Waals surface area (Å²) in [4.78, 5) is 8.87. The molecule has 2 rings (SSSR count). The Hall–Kier alpha value is -2.57. The number of hydrogen-bond donors (Lipinski definition) is 2. The highest BCUT2D eigenvalue weighted by Gasteiger charge is 2.07. The largest absolute Gasteiger partial charge is 0.491 e. The van der Waals surface area contributed by atoms with Crippen molar-refractivity contribution in [2.75, 3.05) is 13.1 Å². The lowest BCUT2D eigenvalue weighted by molar-refractivity contribution is 0.240. The van der Waals surface area contributed by atoms with Crippen molar-refractivity contribution in [3.05, 3.63) is 41.0 Å². The first-order valence-corrected chi connectivity index (χ1v) is 9.05. The van der Waals surface area contributed by atoms with Crippen LogP contribution in [0.3, 0.4) is 0 Å². The van der Waals surface area contributed by atoms with E-state index in [0.717, 1.165) is 23.8 Å². The average molecular weight is 359 g/mol. The third-order valence-electron chi connectivity index (χ3n) is 3.54. The first-order chi connectivity index (χ1) is 12.5. The highest BCUT2D eigenvalue weighted by Crippen LogP contribution is 2.22. The van der Waals surface area contributed by atoms with Gasteiger partial charge in [0.05, 0.1) is 12.6 Å². The number of guanidine groups is 1. The SMILES string of the molecule is CCNC(=NCc1ccc(C)cc1OC(C)C)NCCc1nc(C)no1. The van der Waals surface area contributed by atoms with Crippen LogP contribution in [0.4, 0.5) is 0 Å². The van der Waals surface area contributed by atoms with Gasteiger partial charge in [-0.15, -0.1) is 0 Å². The van der Waals surface area contributed by atoms with E-state index >= 15 is 0 Å². The van der Waals surface area contributed by atoms with Gasteiger partial charge in [0.2, 0.25) is 5.89 Å². The van der Waals surface area contributed by atoms with Crippen LogP contribution in [0.1, 0.15) is 43.6 Å². The number of aryl methyl sites for hydroxylation is 2. The Morgan fingerprint density at radius 1 is 1.27 bits per heavy atom. The Morgan fingerprint density at radius 3 is 2.73 bits per heavy atom. The zero-order chi connectivity index (χ0) is 18.9. The molecule has 0 saturated heterocycles. The Kier molecular flexibility index (Phi) is 7.44. The van der Waals surface area contributed by atoms with Crippen molar-refractivity contribution >= 4 is 5.96 Å². The van der Waals surface area contributed by atoms with E-state index in [1.54, 1.807) is 0 Å². The molecule has 0 fully saturated rings. The Morgan fingerprint density at radius 2 is 2.08 bits per heavy atom. The summed E-state index contributed by atoms with van der Waals surface area (Å²) in [7, 11) is 0. The second-order valence-electron chi connectivity index (χ2n) is 6.39. The van der Waals surface area contributed by atoms with Crippen molar-refractivity contribution in [3.8, 4) is 5.75 Å². The molecule has 7 heteroatoms. The molecule has 7 nitrogen and oxygen atoms in total. The quantitative estimate of drug-likeness (QED) is 0.557. The Labute approximate surface area is 155 Å². The number of benzene rings is 1. The molecule has 2 N–H and O–H groups in total. The summed E-state index contributed by atoms with van der Waals surface area (Å²) in [5, 5.41) is 10.3. The van der Waals surface area contributed by atoms with Crippen molar-refractivity contribution in [1.82, 2.24) is 20.8 Å². The predicted molar refractivity (Wildman–Crippen MR) is 103 cm³/mol. The summed E-state index contributed by atoms with van der Waals surface area (Å²) in [6.07, 6.45) is 0.779. The summed E-state index contributed by atoms with van der Waals surface area (Å²) in [5.74, 6) is 2.91. The normalized spacial score (nSPS) is 11.7. The number of aliphatic imine (C=N–C) groups is 1. The minimum atomic E-state index is 0.128. The second-order valence-corrected chi connectivity index (χ2v) is 6.39. The molecule has 0 aliphatic heterocycles. The van der Waals surface area contributed by atoms with Gasteiger partial charge < -0.3 is 19.9 Å². The number of aromatic nitrogens is 2. The molecule has 0 bridgehead atoms. The summed E-state index contributed by atoms with van der Waals surface area (Å²) in [5.41, 5.74) is 2.24. The molecule has 0 radical (unpaired) electrons. The summed E-state index contributed by atoms with van der Waals surface area (Å²) in [6, 6.07) is 6.21. The molecule has 0 amide bonds. The lowest BCUT2D eigenvalue weighted by Gasteiger charge is -2.15. The summed E-state index contributed by atoms with van der Waals surface area (Å²) < 4.78 is 11.0. The lowest BCUT2D eigenvalue weighted by Crippen LogP contribution is -2.38. The topological polar surface area (TPSA) is 84.6 Å². The van der Waals surface area contributed by atoms with Crippen molar-refractivity contribution in [1.29, 1.82) is 0 Å². The maximum atomic E-state index is 5.92. The van der Waals surface area contributed by atoms with E-state index in [1.165, 1.54) is 5.56 Å². The highest BCUT2D eigenvalue weighted by atomic mass is 16.5. The van der Waals surface area contributed by atoms with Crippen LogP contribution in [-0.4, -0.2) is 35.3 Å². The first-order valence-electron chi connectivity index (χ1n) is 9.05. The molecular weight excluding hydrogens is 330 g/mol. The summed E-state index contributed by atoms with van der Waals surface area (Å²) >= 11 is 0. The standard InChI is InChI=1S/C19H29N5O2/c1-6-20-19(21-10-9-18-23-15(5)24-26-18)22-12-16-8-7-14(4)11-17(16)25-13(2)3/h7-8,11,13H,6,9-10,12H2,1-5H3,(H2,20,21,22). The number of rotatable bonds is 8. The van der Waals surface area contributed by atoms with Gasteiger partial charge in [-0.05, 0) is 46.2 Å². The third kappa shape index (κ3) is 6.38. The number of nitrogens with zero attached hydrogens (tertiary/aromatic N) is 3. The molecule has 0 spiro atoms. The van der Waals surface area contributed by atoms with Crippen LogP contribution in [0, 0.1) is 13.8 Å². The Bertz CT molecular complexity index is 724. The van der Waals surface area contributed by atoms with Crippen molar-refractivity contribution < 1.29 is 9.26 Å². The van der Waals surface area contributed by atoms with Gasteiger partial charge in [-0.3, -0.25) is 0 Å². The van der Waals surface area contributed by atoms with Crippen molar-refractivity contribution in [2.24, 2.45) is 4.99 Å². The van der Waals surface area contributed by atoms with Gasteiger partial charge in [-0.1, -0.05) is 17.3 Å². The number of hydrogen-bond acceptors (Lipinski definition) is 5. The van der Waals surface area contributed by atoms with E-state index < -0.39 is 0 Å². The minimum absolute atomic E-state index is 0.128. The lowest BCUT2D eigenvalue weighted by atomic mass is 10.1. The molecule has 0 aliphatic carbocycles. The van der Waals surface area contributed by atoms with E-state index in [9.17, 15) is 0 Å². The van der Waals surface area contributed by atoms with E-state index in [2.05, 4.69) is 50.9 Å². The first kappa shape index (κ1) is 19.8. The minimum Gasteiger partial charge on any atom is -0.491 e. The van der Waals surface area contributed by atoms with E-state index in [1.807, 2.05) is 27.7 Å². The van der Waals surface area contributed by atoms with Crippen LogP contribution in [0.5, 0.6) is 5.75 Å². The fourth-order valence-corrected chi connectivity index (χ4v) is 2.39. The molecule has 2 aromatic rings. The molecule has 1 aromatic heterocycles. The third-order valence-corrected chi connectivity index (χ3v) is 3.54. The van der Waals surface area contributed by atoms with Gasteiger partial charge in [0.1, 0.15) is 5.75 Å². The maximum Gasteiger partial charge on any atom is 0.228 e. The summed E-state index contributed by atoms with van der Waals surface area (Å²) in [6.45, 7) is 12.0. The van der Waals surface area contributed by atoms with Crippen LogP contribution in [0.25, 0.3) is 0 Å².